The quantitative estimate of drug-likeness (QED) is 0.615. The van der Waals surface area contributed by atoms with Crippen LogP contribution in [0.15, 0.2) is 18.2 Å². The number of benzene rings is 1. The van der Waals surface area contributed by atoms with E-state index >= 15 is 0 Å². The van der Waals surface area contributed by atoms with Crippen LogP contribution < -0.4 is 5.32 Å². The Morgan fingerprint density at radius 3 is 2.37 bits per heavy atom. The Morgan fingerprint density at radius 1 is 1.16 bits per heavy atom. The van der Waals surface area contributed by atoms with Crippen LogP contribution in [0.25, 0.3) is 0 Å². The van der Waals surface area contributed by atoms with Crippen LogP contribution in [0.4, 0.5) is 0 Å². The highest BCUT2D eigenvalue weighted by Crippen LogP contribution is 2.31. The molecule has 0 saturated heterocycles. The number of carboxylic acid groups (broad SMARTS) is 1. The molecule has 2 rings (SSSR count). The number of phenols is 2. The molecule has 102 valence electrons. The van der Waals surface area contributed by atoms with Crippen LogP contribution in [0.5, 0.6) is 11.5 Å². The number of carbonyl (C=O) groups is 2. The third kappa shape index (κ3) is 2.47. The van der Waals surface area contributed by atoms with E-state index in [9.17, 15) is 24.9 Å². The maximum Gasteiger partial charge on any atom is 0.329 e. The molecule has 1 aliphatic rings. The van der Waals surface area contributed by atoms with Gasteiger partial charge in [0.1, 0.15) is 17.0 Å². The van der Waals surface area contributed by atoms with E-state index in [1.165, 1.54) is 12.1 Å². The van der Waals surface area contributed by atoms with E-state index in [0.717, 1.165) is 18.9 Å². The molecule has 0 radical (unpaired) electrons. The number of aromatic hydroxyl groups is 2. The standard InChI is InChI=1S/C13H15NO5/c15-8-3-4-10(16)9(7-8)11(17)14-13(12(18)19)5-1-2-6-13/h3-4,7,15-16H,1-2,5-6H2,(H,14,17)(H,18,19). The summed E-state index contributed by atoms with van der Waals surface area (Å²) in [6, 6.07) is 3.54. The van der Waals surface area contributed by atoms with E-state index in [1.807, 2.05) is 0 Å². The highest BCUT2D eigenvalue weighted by Gasteiger charge is 2.43. The van der Waals surface area contributed by atoms with Crippen molar-refractivity contribution in [2.24, 2.45) is 0 Å². The summed E-state index contributed by atoms with van der Waals surface area (Å²) in [5.41, 5.74) is -1.40. The largest absolute Gasteiger partial charge is 0.508 e. The summed E-state index contributed by atoms with van der Waals surface area (Å²) in [5, 5.41) is 30.6. The second-order valence-corrected chi connectivity index (χ2v) is 4.75. The van der Waals surface area contributed by atoms with E-state index < -0.39 is 17.4 Å². The molecule has 1 aromatic rings. The fourth-order valence-corrected chi connectivity index (χ4v) is 2.36. The van der Waals surface area contributed by atoms with Gasteiger partial charge in [0.2, 0.25) is 0 Å². The Bertz CT molecular complexity index is 520. The number of carboxylic acids is 1. The average Bonchev–Trinajstić information content (AvgIpc) is 2.82. The lowest BCUT2D eigenvalue weighted by molar-refractivity contribution is -0.144. The Balaban J connectivity index is 2.25. The lowest BCUT2D eigenvalue weighted by atomic mass is 9.97. The third-order valence-electron chi connectivity index (χ3n) is 3.44. The number of phenolic OH excluding ortho intramolecular Hbond substituents is 2. The van der Waals surface area contributed by atoms with Gasteiger partial charge in [0.05, 0.1) is 5.56 Å². The molecular weight excluding hydrogens is 250 g/mol. The normalized spacial score (nSPS) is 17.1. The predicted octanol–water partition coefficient (Wildman–Crippen LogP) is 1.22. The molecule has 6 heteroatoms. The fourth-order valence-electron chi connectivity index (χ4n) is 2.36. The topological polar surface area (TPSA) is 107 Å². The van der Waals surface area contributed by atoms with Crippen LogP contribution in [0.2, 0.25) is 0 Å². The van der Waals surface area contributed by atoms with Crippen LogP contribution in [0.3, 0.4) is 0 Å². The first-order chi connectivity index (χ1) is 8.94. The van der Waals surface area contributed by atoms with Crippen LogP contribution in [0.1, 0.15) is 36.0 Å². The van der Waals surface area contributed by atoms with Crippen LogP contribution >= 0.6 is 0 Å². The summed E-state index contributed by atoms with van der Waals surface area (Å²) in [4.78, 5) is 23.4. The molecule has 1 fully saturated rings. The molecule has 1 saturated carbocycles. The van der Waals surface area contributed by atoms with Gasteiger partial charge in [-0.2, -0.15) is 0 Å². The van der Waals surface area contributed by atoms with Crippen LogP contribution in [0, 0.1) is 0 Å². The summed E-state index contributed by atoms with van der Waals surface area (Å²) in [5.74, 6) is -2.23. The lowest BCUT2D eigenvalue weighted by Gasteiger charge is -2.25. The van der Waals surface area contributed by atoms with E-state index in [1.54, 1.807) is 0 Å². The van der Waals surface area contributed by atoms with Crippen molar-refractivity contribution in [1.82, 2.24) is 5.32 Å². The minimum atomic E-state index is -1.27. The van der Waals surface area contributed by atoms with Gasteiger partial charge in [0.15, 0.2) is 0 Å². The number of hydrogen-bond acceptors (Lipinski definition) is 4. The van der Waals surface area contributed by atoms with Crippen LogP contribution in [-0.4, -0.2) is 32.7 Å². The van der Waals surface area contributed by atoms with Crippen molar-refractivity contribution in [3.8, 4) is 11.5 Å². The van der Waals surface area contributed by atoms with Gasteiger partial charge >= 0.3 is 5.97 Å². The van der Waals surface area contributed by atoms with Gasteiger partial charge in [-0.25, -0.2) is 4.79 Å². The molecule has 0 unspecified atom stereocenters. The van der Waals surface area contributed by atoms with Crippen molar-refractivity contribution >= 4 is 11.9 Å². The minimum absolute atomic E-state index is 0.132. The number of amides is 1. The first-order valence-corrected chi connectivity index (χ1v) is 6.02. The molecule has 4 N–H and O–H groups in total. The molecule has 1 aliphatic carbocycles. The van der Waals surface area contributed by atoms with E-state index in [2.05, 4.69) is 5.32 Å². The molecule has 19 heavy (non-hydrogen) atoms. The SMILES string of the molecule is O=C(NC1(C(=O)O)CCCC1)c1cc(O)ccc1O. The highest BCUT2D eigenvalue weighted by molar-refractivity contribution is 6.00. The minimum Gasteiger partial charge on any atom is -0.508 e. The second-order valence-electron chi connectivity index (χ2n) is 4.75. The molecule has 0 bridgehead atoms. The number of aliphatic carboxylic acids is 1. The highest BCUT2D eigenvalue weighted by atomic mass is 16.4. The van der Waals surface area contributed by atoms with Crippen molar-refractivity contribution in [3.63, 3.8) is 0 Å². The molecule has 0 atom stereocenters. The predicted molar refractivity (Wildman–Crippen MR) is 66.1 cm³/mol. The summed E-state index contributed by atoms with van der Waals surface area (Å²) in [7, 11) is 0. The smallest absolute Gasteiger partial charge is 0.329 e. The van der Waals surface area contributed by atoms with Crippen molar-refractivity contribution in [1.29, 1.82) is 0 Å². The lowest BCUT2D eigenvalue weighted by Crippen LogP contribution is -2.52. The number of hydrogen-bond donors (Lipinski definition) is 4. The zero-order valence-electron chi connectivity index (χ0n) is 10.2. The number of carbonyl (C=O) groups excluding carboxylic acids is 1. The Morgan fingerprint density at radius 2 is 1.79 bits per heavy atom. The van der Waals surface area contributed by atoms with Crippen LogP contribution in [-0.2, 0) is 4.79 Å². The van der Waals surface area contributed by atoms with Gasteiger partial charge in [0, 0.05) is 0 Å². The molecular formula is C13H15NO5. The average molecular weight is 265 g/mol. The first-order valence-electron chi connectivity index (χ1n) is 6.02. The van der Waals surface area contributed by atoms with E-state index in [0.29, 0.717) is 12.8 Å². The van der Waals surface area contributed by atoms with Crippen molar-refractivity contribution in [3.05, 3.63) is 23.8 Å². The van der Waals surface area contributed by atoms with Gasteiger partial charge in [-0.1, -0.05) is 12.8 Å². The summed E-state index contributed by atoms with van der Waals surface area (Å²) >= 11 is 0. The first kappa shape index (κ1) is 13.2. The molecule has 1 aromatic carbocycles. The van der Waals surface area contributed by atoms with Gasteiger partial charge in [0.25, 0.3) is 5.91 Å². The van der Waals surface area contributed by atoms with Crippen molar-refractivity contribution < 1.29 is 24.9 Å². The second kappa shape index (κ2) is 4.79. The fraction of sp³-hybridized carbons (Fsp3) is 0.385. The Hall–Kier alpha value is -2.24. The Labute approximate surface area is 109 Å². The zero-order valence-corrected chi connectivity index (χ0v) is 10.2. The third-order valence-corrected chi connectivity index (χ3v) is 3.44. The van der Waals surface area contributed by atoms with E-state index in [4.69, 9.17) is 0 Å². The number of nitrogens with one attached hydrogen (secondary N) is 1. The molecule has 0 aliphatic heterocycles. The Kier molecular flexibility index (Phi) is 3.33. The summed E-state index contributed by atoms with van der Waals surface area (Å²) < 4.78 is 0. The molecule has 1 amide bonds. The summed E-state index contributed by atoms with van der Waals surface area (Å²) in [6.45, 7) is 0. The maximum atomic E-state index is 12.0. The molecule has 0 heterocycles. The maximum absolute atomic E-state index is 12.0. The van der Waals surface area contributed by atoms with Gasteiger partial charge in [-0.3, -0.25) is 4.79 Å². The molecule has 0 aromatic heterocycles. The molecule has 6 nitrogen and oxygen atoms in total. The van der Waals surface area contributed by atoms with E-state index in [-0.39, 0.29) is 17.1 Å². The summed E-state index contributed by atoms with van der Waals surface area (Å²) in [6.07, 6.45) is 2.21. The van der Waals surface area contributed by atoms with Gasteiger partial charge < -0.3 is 20.6 Å². The van der Waals surface area contributed by atoms with Gasteiger partial charge in [-0.15, -0.1) is 0 Å². The van der Waals surface area contributed by atoms with Crippen molar-refractivity contribution in [2.75, 3.05) is 0 Å². The zero-order chi connectivity index (χ0) is 14.0. The van der Waals surface area contributed by atoms with Crippen molar-refractivity contribution in [2.45, 2.75) is 31.2 Å². The number of rotatable bonds is 3. The molecule has 0 spiro atoms. The van der Waals surface area contributed by atoms with Gasteiger partial charge in [-0.05, 0) is 31.0 Å². The monoisotopic (exact) mass is 265 g/mol.